The van der Waals surface area contributed by atoms with E-state index >= 15 is 0 Å². The van der Waals surface area contributed by atoms with Gasteiger partial charge in [0.15, 0.2) is 0 Å². The number of ether oxygens (including phenoxy) is 1. The van der Waals surface area contributed by atoms with E-state index in [0.717, 1.165) is 38.1 Å². The number of nitrogens with zero attached hydrogens (tertiary/aromatic N) is 2. The van der Waals surface area contributed by atoms with Crippen LogP contribution < -0.4 is 5.32 Å². The third-order valence-corrected chi connectivity index (χ3v) is 5.06. The molecule has 0 aliphatic carbocycles. The van der Waals surface area contributed by atoms with Crippen LogP contribution >= 0.6 is 0 Å². The number of carbonyl (C=O) groups is 1. The number of piperidine rings is 1. The van der Waals surface area contributed by atoms with Crippen LogP contribution in [-0.2, 0) is 4.74 Å². The average molecular weight is 325 g/mol. The summed E-state index contributed by atoms with van der Waals surface area (Å²) in [6.45, 7) is 10.2. The smallest absolute Gasteiger partial charge is 0.410 e. The number of amides is 1. The van der Waals surface area contributed by atoms with E-state index in [0.29, 0.717) is 6.04 Å². The highest BCUT2D eigenvalue weighted by molar-refractivity contribution is 5.68. The van der Waals surface area contributed by atoms with E-state index in [1.54, 1.807) is 0 Å². The van der Waals surface area contributed by atoms with Crippen molar-refractivity contribution >= 4 is 6.09 Å². The fraction of sp³-hybridized carbons (Fsp3) is 0.944. The van der Waals surface area contributed by atoms with Gasteiger partial charge in [0, 0.05) is 37.8 Å². The monoisotopic (exact) mass is 325 g/mol. The summed E-state index contributed by atoms with van der Waals surface area (Å²) in [5.74, 6) is 0. The maximum atomic E-state index is 12.3. The fourth-order valence-electron chi connectivity index (χ4n) is 3.87. The minimum atomic E-state index is -0.427. The molecule has 2 rings (SSSR count). The molecular weight excluding hydrogens is 290 g/mol. The van der Waals surface area contributed by atoms with E-state index in [9.17, 15) is 4.79 Å². The molecule has 2 saturated heterocycles. The first-order chi connectivity index (χ1) is 10.8. The Kier molecular flexibility index (Phi) is 6.32. The lowest BCUT2D eigenvalue weighted by molar-refractivity contribution is 0.0248. The predicted octanol–water partition coefficient (Wildman–Crippen LogP) is 2.85. The molecule has 2 aliphatic rings. The topological polar surface area (TPSA) is 44.8 Å². The van der Waals surface area contributed by atoms with Crippen molar-refractivity contribution in [3.8, 4) is 0 Å². The second kappa shape index (κ2) is 7.84. The molecule has 0 aromatic rings. The van der Waals surface area contributed by atoms with Gasteiger partial charge in [-0.25, -0.2) is 4.79 Å². The molecule has 2 unspecified atom stereocenters. The lowest BCUT2D eigenvalue weighted by atomic mass is 9.98. The van der Waals surface area contributed by atoms with Crippen molar-refractivity contribution < 1.29 is 9.53 Å². The largest absolute Gasteiger partial charge is 0.444 e. The van der Waals surface area contributed by atoms with E-state index in [4.69, 9.17) is 4.74 Å². The van der Waals surface area contributed by atoms with Crippen LogP contribution in [0.4, 0.5) is 4.79 Å². The number of fused-ring (bicyclic) bond motifs is 2. The first-order valence-corrected chi connectivity index (χ1v) is 9.23. The summed E-state index contributed by atoms with van der Waals surface area (Å²) in [7, 11) is 2.27. The molecule has 2 aliphatic heterocycles. The molecule has 134 valence electrons. The molecule has 2 heterocycles. The van der Waals surface area contributed by atoms with Gasteiger partial charge in [0.25, 0.3) is 0 Å². The van der Waals surface area contributed by atoms with Gasteiger partial charge in [0.05, 0.1) is 0 Å². The Balaban J connectivity index is 1.75. The summed E-state index contributed by atoms with van der Waals surface area (Å²) in [6, 6.07) is 2.11. The fourth-order valence-corrected chi connectivity index (χ4v) is 3.87. The van der Waals surface area contributed by atoms with E-state index in [1.165, 1.54) is 25.7 Å². The maximum absolute atomic E-state index is 12.3. The normalized spacial score (nSPS) is 28.0. The number of hydrogen-bond acceptors (Lipinski definition) is 4. The third kappa shape index (κ3) is 5.35. The van der Waals surface area contributed by atoms with Crippen LogP contribution in [0.3, 0.4) is 0 Å². The minimum Gasteiger partial charge on any atom is -0.444 e. The zero-order valence-electron chi connectivity index (χ0n) is 15.6. The van der Waals surface area contributed by atoms with Crippen molar-refractivity contribution in [3.05, 3.63) is 0 Å². The van der Waals surface area contributed by atoms with Crippen molar-refractivity contribution in [2.24, 2.45) is 0 Å². The quantitative estimate of drug-likeness (QED) is 0.815. The summed E-state index contributed by atoms with van der Waals surface area (Å²) >= 11 is 0. The molecule has 1 N–H and O–H groups in total. The van der Waals surface area contributed by atoms with Gasteiger partial charge in [-0.15, -0.1) is 0 Å². The molecule has 2 bridgehead atoms. The molecule has 0 saturated carbocycles. The van der Waals surface area contributed by atoms with Crippen LogP contribution in [0.15, 0.2) is 0 Å². The summed E-state index contributed by atoms with van der Waals surface area (Å²) in [6.07, 6.45) is 5.95. The molecular formula is C18H35N3O2. The van der Waals surface area contributed by atoms with Crippen LogP contribution in [-0.4, -0.2) is 66.3 Å². The van der Waals surface area contributed by atoms with Gasteiger partial charge in [0.1, 0.15) is 5.60 Å². The highest BCUT2D eigenvalue weighted by atomic mass is 16.6. The van der Waals surface area contributed by atoms with E-state index in [2.05, 4.69) is 24.2 Å². The molecule has 1 amide bonds. The van der Waals surface area contributed by atoms with Crippen LogP contribution in [0.5, 0.6) is 0 Å². The Labute approximate surface area is 141 Å². The lowest BCUT2D eigenvalue weighted by Crippen LogP contribution is -2.49. The maximum Gasteiger partial charge on any atom is 0.410 e. The summed E-state index contributed by atoms with van der Waals surface area (Å²) in [5, 5.41) is 3.67. The lowest BCUT2D eigenvalue weighted by Gasteiger charge is -2.37. The summed E-state index contributed by atoms with van der Waals surface area (Å²) < 4.78 is 5.51. The van der Waals surface area contributed by atoms with E-state index in [-0.39, 0.29) is 6.09 Å². The van der Waals surface area contributed by atoms with Crippen LogP contribution in [0.2, 0.25) is 0 Å². The Morgan fingerprint density at radius 2 is 1.83 bits per heavy atom. The van der Waals surface area contributed by atoms with Gasteiger partial charge in [-0.05, 0) is 59.9 Å². The van der Waals surface area contributed by atoms with Gasteiger partial charge in [-0.2, -0.15) is 0 Å². The predicted molar refractivity (Wildman–Crippen MR) is 93.7 cm³/mol. The van der Waals surface area contributed by atoms with Gasteiger partial charge >= 0.3 is 6.09 Å². The molecule has 2 atom stereocenters. The van der Waals surface area contributed by atoms with Crippen LogP contribution in [0, 0.1) is 0 Å². The van der Waals surface area contributed by atoms with Gasteiger partial charge < -0.3 is 19.9 Å². The zero-order valence-corrected chi connectivity index (χ0v) is 15.6. The van der Waals surface area contributed by atoms with Crippen molar-refractivity contribution in [3.63, 3.8) is 0 Å². The second-order valence-electron chi connectivity index (χ2n) is 8.14. The van der Waals surface area contributed by atoms with Crippen molar-refractivity contribution in [2.75, 3.05) is 26.7 Å². The molecule has 0 radical (unpaired) electrons. The number of hydrogen-bond donors (Lipinski definition) is 1. The highest BCUT2D eigenvalue weighted by Gasteiger charge is 2.38. The summed E-state index contributed by atoms with van der Waals surface area (Å²) in [5.41, 5.74) is -0.427. The second-order valence-corrected chi connectivity index (χ2v) is 8.14. The molecule has 2 fully saturated rings. The Morgan fingerprint density at radius 1 is 1.22 bits per heavy atom. The van der Waals surface area contributed by atoms with E-state index < -0.39 is 5.60 Å². The number of rotatable bonds is 6. The van der Waals surface area contributed by atoms with Crippen molar-refractivity contribution in [2.45, 2.75) is 83.5 Å². The summed E-state index contributed by atoms with van der Waals surface area (Å²) in [4.78, 5) is 16.7. The molecule has 0 spiro atoms. The highest BCUT2D eigenvalue weighted by Crippen LogP contribution is 2.34. The SMILES string of the molecule is CCCN(CCNC1CC2CCC(C1)N2C)C(=O)OC(C)(C)C. The number of nitrogens with one attached hydrogen (secondary N) is 1. The van der Waals surface area contributed by atoms with Crippen LogP contribution in [0.25, 0.3) is 0 Å². The van der Waals surface area contributed by atoms with Gasteiger partial charge in [-0.1, -0.05) is 6.92 Å². The Hall–Kier alpha value is -0.810. The van der Waals surface area contributed by atoms with Crippen molar-refractivity contribution in [1.29, 1.82) is 0 Å². The zero-order chi connectivity index (χ0) is 17.0. The standard InChI is InChI=1S/C18H35N3O2/c1-6-10-21(17(22)23-18(2,3)4)11-9-19-14-12-15-7-8-16(13-14)20(15)5/h14-16,19H,6-13H2,1-5H3. The number of carbonyl (C=O) groups excluding carboxylic acids is 1. The third-order valence-electron chi connectivity index (χ3n) is 5.06. The van der Waals surface area contributed by atoms with Crippen molar-refractivity contribution in [1.82, 2.24) is 15.1 Å². The van der Waals surface area contributed by atoms with E-state index in [1.807, 2.05) is 25.7 Å². The molecule has 0 aromatic carbocycles. The Morgan fingerprint density at radius 3 is 2.35 bits per heavy atom. The van der Waals surface area contributed by atoms with Gasteiger partial charge in [-0.3, -0.25) is 0 Å². The Bertz CT molecular complexity index is 380. The molecule has 23 heavy (non-hydrogen) atoms. The molecule has 5 nitrogen and oxygen atoms in total. The first kappa shape index (κ1) is 18.5. The molecule has 5 heteroatoms. The minimum absolute atomic E-state index is 0.190. The van der Waals surface area contributed by atoms with Gasteiger partial charge in [0.2, 0.25) is 0 Å². The molecule has 0 aromatic heterocycles. The first-order valence-electron chi connectivity index (χ1n) is 9.23. The van der Waals surface area contributed by atoms with Crippen LogP contribution in [0.1, 0.15) is 59.8 Å². The average Bonchev–Trinajstić information content (AvgIpc) is 2.67.